The number of nitrogens with zero attached hydrogens (tertiary/aromatic N) is 2. The number of likely N-dealkylation sites (N-methyl/N-ethyl adjacent to an activating group) is 1. The molecular weight excluding hydrogens is 375 g/mol. The first-order valence-electron chi connectivity index (χ1n) is 6.63. The molecule has 4 aliphatic rings. The molecule has 3 N–H and O–H groups in total. The van der Waals surface area contributed by atoms with Crippen molar-refractivity contribution in [2.45, 2.75) is 40.7 Å². The van der Waals surface area contributed by atoms with E-state index >= 15 is 0 Å². The Labute approximate surface area is 129 Å². The van der Waals surface area contributed by atoms with Crippen molar-refractivity contribution in [1.29, 1.82) is 0 Å². The van der Waals surface area contributed by atoms with E-state index in [1.165, 1.54) is 4.90 Å². The van der Waals surface area contributed by atoms with Crippen LogP contribution in [0.1, 0.15) is 12.8 Å². The Morgan fingerprint density at radius 2 is 2.20 bits per heavy atom. The minimum absolute atomic E-state index is 0.0152. The lowest BCUT2D eigenvalue weighted by Crippen LogP contribution is -2.62. The summed E-state index contributed by atoms with van der Waals surface area (Å²) in [7, 11) is 1.59. The topological polar surface area (TPSA) is 84.9 Å². The molecule has 0 radical (unpaired) electrons. The lowest BCUT2D eigenvalue weighted by atomic mass is 10.0. The maximum absolute atomic E-state index is 12.2. The molecule has 0 aromatic carbocycles. The molecule has 1 saturated carbocycles. The number of amides is 3. The molecule has 4 rings (SSSR count). The van der Waals surface area contributed by atoms with E-state index in [9.17, 15) is 14.7 Å². The summed E-state index contributed by atoms with van der Waals surface area (Å²) in [6, 6.07) is -0.992. The van der Waals surface area contributed by atoms with Gasteiger partial charge in [0.2, 0.25) is 0 Å². The zero-order valence-electron chi connectivity index (χ0n) is 10.8. The maximum Gasteiger partial charge on any atom is 0.319 e. The highest BCUT2D eigenvalue weighted by molar-refractivity contribution is 14.1. The molecule has 3 heterocycles. The van der Waals surface area contributed by atoms with E-state index in [0.717, 1.165) is 6.42 Å². The van der Waals surface area contributed by atoms with Crippen LogP contribution in [-0.4, -0.2) is 61.8 Å². The van der Waals surface area contributed by atoms with E-state index in [1.54, 1.807) is 7.05 Å². The molecule has 3 fully saturated rings. The number of aliphatic hydroxyl groups is 1. The molecule has 0 bridgehead atoms. The largest absolute Gasteiger partial charge is 0.368 e. The van der Waals surface area contributed by atoms with E-state index in [1.807, 2.05) is 6.08 Å². The molecule has 3 aliphatic heterocycles. The van der Waals surface area contributed by atoms with E-state index in [-0.39, 0.29) is 28.1 Å². The van der Waals surface area contributed by atoms with E-state index in [0.29, 0.717) is 12.1 Å². The van der Waals surface area contributed by atoms with Crippen LogP contribution in [0, 0.1) is 0 Å². The molecule has 2 saturated heterocycles. The summed E-state index contributed by atoms with van der Waals surface area (Å²) in [4.78, 5) is 27.4. The summed E-state index contributed by atoms with van der Waals surface area (Å²) < 4.78 is 0.226. The zero-order chi connectivity index (χ0) is 14.2. The third-order valence-corrected chi connectivity index (χ3v) is 6.03. The van der Waals surface area contributed by atoms with Crippen molar-refractivity contribution in [3.63, 3.8) is 0 Å². The van der Waals surface area contributed by atoms with Gasteiger partial charge in [0, 0.05) is 13.5 Å². The molecule has 5 atom stereocenters. The van der Waals surface area contributed by atoms with Crippen LogP contribution in [0.5, 0.6) is 0 Å². The van der Waals surface area contributed by atoms with Crippen LogP contribution in [0.2, 0.25) is 0 Å². The molecule has 7 nitrogen and oxygen atoms in total. The number of alkyl halides is 1. The molecule has 8 heteroatoms. The number of fused-ring (bicyclic) bond motifs is 5. The summed E-state index contributed by atoms with van der Waals surface area (Å²) in [6.45, 7) is 0. The van der Waals surface area contributed by atoms with Gasteiger partial charge in [-0.2, -0.15) is 0 Å². The number of hydrogen-bond acceptors (Lipinski definition) is 4. The van der Waals surface area contributed by atoms with Crippen LogP contribution in [-0.2, 0) is 4.79 Å². The van der Waals surface area contributed by atoms with E-state index in [4.69, 9.17) is 0 Å². The Hall–Kier alpha value is -1.03. The Kier molecular flexibility index (Phi) is 2.40. The van der Waals surface area contributed by atoms with Crippen LogP contribution in [0.25, 0.3) is 0 Å². The van der Waals surface area contributed by atoms with Crippen molar-refractivity contribution < 1.29 is 14.7 Å². The van der Waals surface area contributed by atoms with Gasteiger partial charge in [-0.3, -0.25) is 9.69 Å². The molecule has 0 spiro atoms. The minimum Gasteiger partial charge on any atom is -0.368 e. The van der Waals surface area contributed by atoms with Gasteiger partial charge in [0.25, 0.3) is 5.91 Å². The van der Waals surface area contributed by atoms with E-state index < -0.39 is 11.8 Å². The molecule has 20 heavy (non-hydrogen) atoms. The number of carbonyl (C=O) groups excluding carboxylic acids is 2. The van der Waals surface area contributed by atoms with Crippen LogP contribution in [0.4, 0.5) is 4.79 Å². The van der Waals surface area contributed by atoms with Gasteiger partial charge in [-0.15, -0.1) is 0 Å². The SMILES string of the molecule is CN1C(=O)N[C@H]2[C@@H]3NC(=O)C4=CCC(I)N4[C@@H]3C[C@]21O. The smallest absolute Gasteiger partial charge is 0.319 e. The second-order valence-corrected chi connectivity index (χ2v) is 7.24. The lowest BCUT2D eigenvalue weighted by Gasteiger charge is -2.41. The molecule has 3 amide bonds. The second-order valence-electron chi connectivity index (χ2n) is 5.80. The normalized spacial score (nSPS) is 45.6. The third kappa shape index (κ3) is 1.33. The van der Waals surface area contributed by atoms with Gasteiger partial charge in [0.1, 0.15) is 6.04 Å². The fraction of sp³-hybridized carbons (Fsp3) is 0.667. The monoisotopic (exact) mass is 390 g/mol. The molecule has 0 aromatic rings. The molecular formula is C12H15IN4O3. The Balaban J connectivity index is 1.74. The molecule has 108 valence electrons. The highest BCUT2D eigenvalue weighted by Crippen LogP contribution is 2.45. The van der Waals surface area contributed by atoms with Crippen LogP contribution in [0.3, 0.4) is 0 Å². The quantitative estimate of drug-likeness (QED) is 0.291. The number of halogens is 1. The Morgan fingerprint density at radius 1 is 1.45 bits per heavy atom. The van der Waals surface area contributed by atoms with Gasteiger partial charge in [0.15, 0.2) is 5.72 Å². The number of rotatable bonds is 0. The van der Waals surface area contributed by atoms with Crippen molar-refractivity contribution in [1.82, 2.24) is 20.4 Å². The average molecular weight is 390 g/mol. The van der Waals surface area contributed by atoms with Crippen molar-refractivity contribution in [2.75, 3.05) is 7.05 Å². The van der Waals surface area contributed by atoms with Crippen molar-refractivity contribution in [3.8, 4) is 0 Å². The summed E-state index contributed by atoms with van der Waals surface area (Å²) in [5, 5.41) is 16.6. The first-order valence-corrected chi connectivity index (χ1v) is 7.88. The number of piperazine rings is 1. The number of carbonyl (C=O) groups is 2. The van der Waals surface area contributed by atoms with Crippen LogP contribution >= 0.6 is 22.6 Å². The molecule has 1 aliphatic carbocycles. The highest BCUT2D eigenvalue weighted by Gasteiger charge is 2.65. The van der Waals surface area contributed by atoms with Crippen LogP contribution < -0.4 is 10.6 Å². The lowest BCUT2D eigenvalue weighted by molar-refractivity contribution is -0.122. The highest BCUT2D eigenvalue weighted by atomic mass is 127. The summed E-state index contributed by atoms with van der Waals surface area (Å²) in [5.74, 6) is -0.113. The van der Waals surface area contributed by atoms with E-state index in [2.05, 4.69) is 38.1 Å². The molecule has 0 aromatic heterocycles. The summed E-state index contributed by atoms with van der Waals surface area (Å²) in [6.07, 6.45) is 3.22. The average Bonchev–Trinajstić information content (AvgIpc) is 2.97. The predicted molar refractivity (Wildman–Crippen MR) is 77.7 cm³/mol. The fourth-order valence-corrected chi connectivity index (χ4v) is 4.85. The van der Waals surface area contributed by atoms with Gasteiger partial charge in [-0.1, -0.05) is 28.7 Å². The van der Waals surface area contributed by atoms with Gasteiger partial charge in [-0.25, -0.2) is 4.79 Å². The summed E-state index contributed by atoms with van der Waals surface area (Å²) >= 11 is 2.32. The maximum atomic E-state index is 12.2. The number of urea groups is 1. The Bertz CT molecular complexity index is 553. The minimum atomic E-state index is -1.23. The van der Waals surface area contributed by atoms with Crippen molar-refractivity contribution in [2.24, 2.45) is 0 Å². The Morgan fingerprint density at radius 3 is 2.95 bits per heavy atom. The van der Waals surface area contributed by atoms with Gasteiger partial charge in [0.05, 0.1) is 21.8 Å². The summed E-state index contributed by atoms with van der Waals surface area (Å²) in [5.41, 5.74) is -0.531. The van der Waals surface area contributed by atoms with Crippen molar-refractivity contribution >= 4 is 34.5 Å². The van der Waals surface area contributed by atoms with Crippen molar-refractivity contribution in [3.05, 3.63) is 11.8 Å². The molecule has 1 unspecified atom stereocenters. The first kappa shape index (κ1) is 12.7. The fourth-order valence-electron chi connectivity index (χ4n) is 3.88. The second kappa shape index (κ2) is 3.79. The number of nitrogens with one attached hydrogen (secondary N) is 2. The standard InChI is InChI=1S/C12H15IN4O3/c1-16-11(19)15-9-8-6(4-12(9,16)20)17-5(10(18)14-8)2-3-7(17)13/h2,6-9,20H,3-4H2,1H3,(H,14,18)(H,15,19)/t6-,7?,8-,9+,12+/m1/s1. The predicted octanol–water partition coefficient (Wildman–Crippen LogP) is -0.680. The first-order chi connectivity index (χ1) is 9.43. The van der Waals surface area contributed by atoms with Gasteiger partial charge < -0.3 is 20.6 Å². The zero-order valence-corrected chi connectivity index (χ0v) is 13.0. The van der Waals surface area contributed by atoms with Gasteiger partial charge >= 0.3 is 6.03 Å². The third-order valence-electron chi connectivity index (χ3n) is 4.92. The number of hydrogen-bond donors (Lipinski definition) is 3. The van der Waals surface area contributed by atoms with Crippen LogP contribution in [0.15, 0.2) is 11.8 Å². The van der Waals surface area contributed by atoms with Gasteiger partial charge in [-0.05, 0) is 6.42 Å².